The number of fused-ring (bicyclic) bond motifs is 1. The van der Waals surface area contributed by atoms with Gasteiger partial charge >= 0.3 is 0 Å². The molecular formula is C19H17N5O7S. The van der Waals surface area contributed by atoms with Crippen LogP contribution in [0.5, 0.6) is 0 Å². The molecule has 13 heteroatoms. The molecule has 1 aromatic heterocycles. The number of aromatic nitrogens is 2. The van der Waals surface area contributed by atoms with Gasteiger partial charge in [-0.05, 0) is 19.1 Å². The fourth-order valence-corrected chi connectivity index (χ4v) is 3.57. The third kappa shape index (κ3) is 4.46. The number of nitro benzene ring substituents is 1. The Bertz CT molecular complexity index is 1430. The minimum absolute atomic E-state index is 0.127. The van der Waals surface area contributed by atoms with Gasteiger partial charge in [-0.2, -0.15) is 5.10 Å². The van der Waals surface area contributed by atoms with Crippen LogP contribution >= 0.6 is 0 Å². The van der Waals surface area contributed by atoms with Crippen molar-refractivity contribution in [2.75, 3.05) is 6.26 Å². The van der Waals surface area contributed by atoms with Gasteiger partial charge in [0.2, 0.25) is 0 Å². The van der Waals surface area contributed by atoms with Crippen LogP contribution in [0.1, 0.15) is 27.8 Å². The monoisotopic (exact) mass is 459 g/mol. The second-order valence-electron chi connectivity index (χ2n) is 6.67. The second kappa shape index (κ2) is 8.55. The molecule has 12 nitrogen and oxygen atoms in total. The normalized spacial score (nSPS) is 11.2. The highest BCUT2D eigenvalue weighted by Gasteiger charge is 2.21. The summed E-state index contributed by atoms with van der Waals surface area (Å²) >= 11 is 0. The number of nitrogens with zero attached hydrogens (tertiary/aromatic N) is 3. The fourth-order valence-electron chi connectivity index (χ4n) is 2.90. The minimum Gasteiger partial charge on any atom is -0.267 e. The summed E-state index contributed by atoms with van der Waals surface area (Å²) in [6.45, 7) is 1.88. The molecule has 0 aliphatic carbocycles. The SMILES string of the molecule is CCn1nc(C(=O)NNC(=O)c2cc([N+](=O)[O-])cc(S(C)(=O)=O)c2)c2ccccc2c1=O. The van der Waals surface area contributed by atoms with Gasteiger partial charge < -0.3 is 0 Å². The summed E-state index contributed by atoms with van der Waals surface area (Å²) < 4.78 is 24.7. The molecule has 0 spiro atoms. The maximum Gasteiger partial charge on any atom is 0.290 e. The van der Waals surface area contributed by atoms with Crippen LogP contribution in [0.15, 0.2) is 52.2 Å². The van der Waals surface area contributed by atoms with Crippen LogP contribution in [-0.2, 0) is 16.4 Å². The van der Waals surface area contributed by atoms with E-state index in [2.05, 4.69) is 16.0 Å². The zero-order valence-electron chi connectivity index (χ0n) is 16.9. The van der Waals surface area contributed by atoms with Gasteiger partial charge in [0.25, 0.3) is 23.1 Å². The van der Waals surface area contributed by atoms with E-state index in [4.69, 9.17) is 0 Å². The van der Waals surface area contributed by atoms with Crippen LogP contribution in [0.2, 0.25) is 0 Å². The maximum absolute atomic E-state index is 12.7. The average molecular weight is 459 g/mol. The zero-order chi connectivity index (χ0) is 23.6. The lowest BCUT2D eigenvalue weighted by Crippen LogP contribution is -2.42. The lowest BCUT2D eigenvalue weighted by atomic mass is 10.1. The number of amides is 2. The van der Waals surface area contributed by atoms with E-state index in [1.807, 2.05) is 0 Å². The number of carbonyl (C=O) groups is 2. The van der Waals surface area contributed by atoms with Crippen molar-refractivity contribution < 1.29 is 22.9 Å². The van der Waals surface area contributed by atoms with Gasteiger partial charge in [0.15, 0.2) is 15.5 Å². The third-order valence-electron chi connectivity index (χ3n) is 4.46. The Labute approximate surface area is 180 Å². The number of rotatable bonds is 5. The number of hydrogen-bond acceptors (Lipinski definition) is 8. The molecule has 0 saturated carbocycles. The van der Waals surface area contributed by atoms with Gasteiger partial charge in [0.1, 0.15) is 0 Å². The second-order valence-corrected chi connectivity index (χ2v) is 8.68. The number of nitrogens with one attached hydrogen (secondary N) is 2. The van der Waals surface area contributed by atoms with Gasteiger partial charge in [0, 0.05) is 35.9 Å². The summed E-state index contributed by atoms with van der Waals surface area (Å²) in [4.78, 5) is 47.3. The van der Waals surface area contributed by atoms with Crippen molar-refractivity contribution in [2.45, 2.75) is 18.4 Å². The maximum atomic E-state index is 12.7. The molecular weight excluding hydrogens is 442 g/mol. The lowest BCUT2D eigenvalue weighted by Gasteiger charge is -2.11. The molecule has 166 valence electrons. The van der Waals surface area contributed by atoms with Crippen molar-refractivity contribution in [3.63, 3.8) is 0 Å². The van der Waals surface area contributed by atoms with Crippen molar-refractivity contribution in [2.24, 2.45) is 0 Å². The van der Waals surface area contributed by atoms with E-state index in [9.17, 15) is 32.9 Å². The number of hydrazine groups is 1. The van der Waals surface area contributed by atoms with Gasteiger partial charge in [-0.3, -0.25) is 35.3 Å². The molecule has 0 unspecified atom stereocenters. The van der Waals surface area contributed by atoms with E-state index >= 15 is 0 Å². The van der Waals surface area contributed by atoms with Crippen LogP contribution in [0, 0.1) is 10.1 Å². The van der Waals surface area contributed by atoms with E-state index in [-0.39, 0.29) is 34.1 Å². The summed E-state index contributed by atoms with van der Waals surface area (Å²) in [6.07, 6.45) is 0.842. The molecule has 0 aliphatic heterocycles. The first-order valence-corrected chi connectivity index (χ1v) is 11.0. The Balaban J connectivity index is 1.91. The van der Waals surface area contributed by atoms with Gasteiger partial charge in [-0.25, -0.2) is 13.1 Å². The standard InChI is InChI=1S/C19H17N5O7S/c1-3-23-19(27)15-7-5-4-6-14(15)16(22-23)18(26)21-20-17(25)11-8-12(24(28)29)10-13(9-11)32(2,30)31/h4-10H,3H2,1-2H3,(H,20,25)(H,21,26). The molecule has 2 amide bonds. The topological polar surface area (TPSA) is 170 Å². The van der Waals surface area contributed by atoms with Crippen molar-refractivity contribution in [1.82, 2.24) is 20.6 Å². The Morgan fingerprint density at radius 1 is 1.09 bits per heavy atom. The molecule has 32 heavy (non-hydrogen) atoms. The first-order chi connectivity index (χ1) is 15.0. The minimum atomic E-state index is -3.84. The zero-order valence-corrected chi connectivity index (χ0v) is 17.7. The summed E-state index contributed by atoms with van der Waals surface area (Å²) in [7, 11) is -3.84. The Morgan fingerprint density at radius 2 is 1.72 bits per heavy atom. The number of sulfone groups is 1. The van der Waals surface area contributed by atoms with Crippen LogP contribution < -0.4 is 16.4 Å². The van der Waals surface area contributed by atoms with E-state index in [0.717, 1.165) is 29.1 Å². The number of benzene rings is 2. The number of nitro groups is 1. The molecule has 2 aromatic carbocycles. The molecule has 3 rings (SSSR count). The van der Waals surface area contributed by atoms with E-state index in [0.29, 0.717) is 0 Å². The highest BCUT2D eigenvalue weighted by molar-refractivity contribution is 7.90. The average Bonchev–Trinajstić information content (AvgIpc) is 2.76. The summed E-state index contributed by atoms with van der Waals surface area (Å²) in [6, 6.07) is 8.97. The van der Waals surface area contributed by atoms with Crippen molar-refractivity contribution in [1.29, 1.82) is 0 Å². The van der Waals surface area contributed by atoms with Crippen LogP contribution in [0.3, 0.4) is 0 Å². The molecule has 3 aromatic rings. The molecule has 0 aliphatic rings. The smallest absolute Gasteiger partial charge is 0.267 e. The summed E-state index contributed by atoms with van der Waals surface area (Å²) in [5.41, 5.74) is 2.74. The largest absolute Gasteiger partial charge is 0.290 e. The van der Waals surface area contributed by atoms with Crippen LogP contribution in [0.4, 0.5) is 5.69 Å². The van der Waals surface area contributed by atoms with E-state index in [1.54, 1.807) is 19.1 Å². The molecule has 2 N–H and O–H groups in total. The first kappa shape index (κ1) is 22.6. The molecule has 1 heterocycles. The van der Waals surface area contributed by atoms with Gasteiger partial charge in [-0.1, -0.05) is 18.2 Å². The molecule has 0 bridgehead atoms. The Hall–Kier alpha value is -4.13. The highest BCUT2D eigenvalue weighted by atomic mass is 32.2. The summed E-state index contributed by atoms with van der Waals surface area (Å²) in [5, 5.41) is 15.6. The fraction of sp³-hybridized carbons (Fsp3) is 0.158. The van der Waals surface area contributed by atoms with Crippen LogP contribution in [0.25, 0.3) is 10.8 Å². The molecule has 0 saturated heterocycles. The number of hydrogen-bond donors (Lipinski definition) is 2. The van der Waals surface area contributed by atoms with Crippen LogP contribution in [-0.4, -0.2) is 41.2 Å². The van der Waals surface area contributed by atoms with Gasteiger partial charge in [0.05, 0.1) is 15.2 Å². The number of carbonyl (C=O) groups excluding carboxylic acids is 2. The number of non-ortho nitro benzene ring substituents is 1. The number of aryl methyl sites for hydroxylation is 1. The lowest BCUT2D eigenvalue weighted by molar-refractivity contribution is -0.385. The first-order valence-electron chi connectivity index (χ1n) is 9.13. The molecule has 0 atom stereocenters. The highest BCUT2D eigenvalue weighted by Crippen LogP contribution is 2.21. The predicted octanol–water partition coefficient (Wildman–Crippen LogP) is 0.803. The Kier molecular flexibility index (Phi) is 6.02. The molecule has 0 fully saturated rings. The predicted molar refractivity (Wildman–Crippen MR) is 113 cm³/mol. The Morgan fingerprint density at radius 3 is 2.31 bits per heavy atom. The van der Waals surface area contributed by atoms with E-state index in [1.165, 1.54) is 12.1 Å². The van der Waals surface area contributed by atoms with Gasteiger partial charge in [-0.15, -0.1) is 0 Å². The third-order valence-corrected chi connectivity index (χ3v) is 5.56. The van der Waals surface area contributed by atoms with Crippen molar-refractivity contribution >= 4 is 38.1 Å². The van der Waals surface area contributed by atoms with E-state index < -0.39 is 37.2 Å². The van der Waals surface area contributed by atoms with Crippen molar-refractivity contribution in [3.8, 4) is 0 Å². The van der Waals surface area contributed by atoms with Crippen molar-refractivity contribution in [3.05, 3.63) is 74.2 Å². The molecule has 0 radical (unpaired) electrons. The quantitative estimate of drug-likeness (QED) is 0.417. The summed E-state index contributed by atoms with van der Waals surface area (Å²) in [5.74, 6) is -1.83.